The van der Waals surface area contributed by atoms with Crippen LogP contribution in [0, 0.1) is 0 Å². The van der Waals surface area contributed by atoms with E-state index < -0.39 is 9.84 Å². The number of rotatable bonds is 5. The lowest BCUT2D eigenvalue weighted by molar-refractivity contribution is 0.174. The SMILES string of the molecule is CC(CS(C)(=O)=O)NCc1ccc2c(c1)OCO2. The minimum atomic E-state index is -2.94. The number of nitrogens with one attached hydrogen (secondary N) is 1. The van der Waals surface area contributed by atoms with Gasteiger partial charge in [0.05, 0.1) is 5.75 Å². The molecule has 1 aromatic rings. The molecule has 18 heavy (non-hydrogen) atoms. The van der Waals surface area contributed by atoms with Crippen molar-refractivity contribution in [3.63, 3.8) is 0 Å². The van der Waals surface area contributed by atoms with Crippen LogP contribution in [0.5, 0.6) is 11.5 Å². The third kappa shape index (κ3) is 3.61. The molecular formula is C12H17NO4S. The summed E-state index contributed by atoms with van der Waals surface area (Å²) in [6.45, 7) is 2.72. The zero-order chi connectivity index (χ0) is 13.2. The number of benzene rings is 1. The quantitative estimate of drug-likeness (QED) is 0.863. The predicted octanol–water partition coefficient (Wildman–Crippen LogP) is 0.938. The molecule has 1 N–H and O–H groups in total. The summed E-state index contributed by atoms with van der Waals surface area (Å²) in [5.41, 5.74) is 1.04. The van der Waals surface area contributed by atoms with Gasteiger partial charge in [-0.05, 0) is 24.6 Å². The fourth-order valence-corrected chi connectivity index (χ4v) is 2.88. The fourth-order valence-electron chi connectivity index (χ4n) is 1.86. The molecule has 1 aromatic carbocycles. The van der Waals surface area contributed by atoms with Crippen molar-refractivity contribution >= 4 is 9.84 Å². The second-order valence-corrected chi connectivity index (χ2v) is 6.75. The van der Waals surface area contributed by atoms with Crippen LogP contribution in [0.15, 0.2) is 18.2 Å². The van der Waals surface area contributed by atoms with Gasteiger partial charge in [0.15, 0.2) is 11.5 Å². The molecule has 1 unspecified atom stereocenters. The lowest BCUT2D eigenvalue weighted by Gasteiger charge is -2.12. The van der Waals surface area contributed by atoms with Gasteiger partial charge in [-0.2, -0.15) is 0 Å². The molecule has 1 atom stereocenters. The molecule has 2 rings (SSSR count). The van der Waals surface area contributed by atoms with Crippen molar-refractivity contribution in [2.24, 2.45) is 0 Å². The Labute approximate surface area is 107 Å². The maximum atomic E-state index is 11.1. The minimum Gasteiger partial charge on any atom is -0.454 e. The summed E-state index contributed by atoms with van der Waals surface area (Å²) in [7, 11) is -2.94. The Morgan fingerprint density at radius 3 is 2.78 bits per heavy atom. The number of sulfone groups is 1. The van der Waals surface area contributed by atoms with E-state index in [1.807, 2.05) is 25.1 Å². The van der Waals surface area contributed by atoms with E-state index in [1.165, 1.54) is 6.26 Å². The van der Waals surface area contributed by atoms with Gasteiger partial charge in [-0.15, -0.1) is 0 Å². The first-order valence-corrected chi connectivity index (χ1v) is 7.80. The molecule has 0 radical (unpaired) electrons. The van der Waals surface area contributed by atoms with Gasteiger partial charge in [-0.25, -0.2) is 8.42 Å². The van der Waals surface area contributed by atoms with E-state index in [9.17, 15) is 8.42 Å². The topological polar surface area (TPSA) is 64.6 Å². The number of hydrogen-bond donors (Lipinski definition) is 1. The molecular weight excluding hydrogens is 254 g/mol. The summed E-state index contributed by atoms with van der Waals surface area (Å²) < 4.78 is 32.8. The molecule has 0 spiro atoms. The van der Waals surface area contributed by atoms with Gasteiger partial charge in [0, 0.05) is 18.8 Å². The van der Waals surface area contributed by atoms with Gasteiger partial charge in [-0.3, -0.25) is 0 Å². The van der Waals surface area contributed by atoms with Crippen molar-refractivity contribution in [2.75, 3.05) is 18.8 Å². The maximum absolute atomic E-state index is 11.1. The fraction of sp³-hybridized carbons (Fsp3) is 0.500. The Kier molecular flexibility index (Phi) is 3.77. The molecule has 1 aliphatic heterocycles. The zero-order valence-electron chi connectivity index (χ0n) is 10.5. The second-order valence-electron chi connectivity index (χ2n) is 4.56. The maximum Gasteiger partial charge on any atom is 0.231 e. The van der Waals surface area contributed by atoms with Crippen LogP contribution >= 0.6 is 0 Å². The smallest absolute Gasteiger partial charge is 0.231 e. The highest BCUT2D eigenvalue weighted by Gasteiger charge is 2.14. The third-order valence-corrected chi connectivity index (χ3v) is 3.75. The Balaban J connectivity index is 1.90. The van der Waals surface area contributed by atoms with E-state index in [2.05, 4.69) is 5.32 Å². The highest BCUT2D eigenvalue weighted by molar-refractivity contribution is 7.90. The molecule has 5 nitrogen and oxygen atoms in total. The largest absolute Gasteiger partial charge is 0.454 e. The number of ether oxygens (including phenoxy) is 2. The molecule has 0 aromatic heterocycles. The first-order chi connectivity index (χ1) is 8.44. The van der Waals surface area contributed by atoms with Crippen LogP contribution in [0.3, 0.4) is 0 Å². The summed E-state index contributed by atoms with van der Waals surface area (Å²) >= 11 is 0. The minimum absolute atomic E-state index is 0.0783. The summed E-state index contributed by atoms with van der Waals surface area (Å²) in [5, 5.41) is 3.17. The molecule has 0 saturated carbocycles. The molecule has 1 aliphatic rings. The molecule has 0 bridgehead atoms. The van der Waals surface area contributed by atoms with Crippen molar-refractivity contribution < 1.29 is 17.9 Å². The highest BCUT2D eigenvalue weighted by Crippen LogP contribution is 2.32. The standard InChI is InChI=1S/C12H17NO4S/c1-9(7-18(2,14)15)13-6-10-3-4-11-12(5-10)17-8-16-11/h3-5,9,13H,6-8H2,1-2H3. The van der Waals surface area contributed by atoms with Gasteiger partial charge in [0.25, 0.3) is 0 Å². The normalized spacial score (nSPS) is 15.7. The van der Waals surface area contributed by atoms with Crippen LogP contribution in [0.1, 0.15) is 12.5 Å². The molecule has 0 amide bonds. The summed E-state index contributed by atoms with van der Waals surface area (Å²) in [4.78, 5) is 0. The van der Waals surface area contributed by atoms with E-state index in [4.69, 9.17) is 9.47 Å². The van der Waals surface area contributed by atoms with Crippen LogP contribution in [0.2, 0.25) is 0 Å². The Bertz CT molecular complexity index is 527. The Hall–Kier alpha value is -1.27. The first-order valence-electron chi connectivity index (χ1n) is 5.74. The summed E-state index contributed by atoms with van der Waals surface area (Å²) in [6, 6.07) is 5.63. The second kappa shape index (κ2) is 5.16. The van der Waals surface area contributed by atoms with Crippen molar-refractivity contribution in [3.8, 4) is 11.5 Å². The van der Waals surface area contributed by atoms with Gasteiger partial charge < -0.3 is 14.8 Å². The van der Waals surface area contributed by atoms with Gasteiger partial charge in [0.2, 0.25) is 6.79 Å². The van der Waals surface area contributed by atoms with E-state index >= 15 is 0 Å². The highest BCUT2D eigenvalue weighted by atomic mass is 32.2. The van der Waals surface area contributed by atoms with E-state index in [0.29, 0.717) is 6.54 Å². The van der Waals surface area contributed by atoms with E-state index in [-0.39, 0.29) is 18.6 Å². The van der Waals surface area contributed by atoms with Crippen LogP contribution in [0.4, 0.5) is 0 Å². The Morgan fingerprint density at radius 2 is 2.06 bits per heavy atom. The molecule has 0 aliphatic carbocycles. The molecule has 1 heterocycles. The van der Waals surface area contributed by atoms with Crippen LogP contribution in [-0.2, 0) is 16.4 Å². The predicted molar refractivity (Wildman–Crippen MR) is 68.6 cm³/mol. The van der Waals surface area contributed by atoms with E-state index in [0.717, 1.165) is 17.1 Å². The summed E-state index contributed by atoms with van der Waals surface area (Å²) in [5.74, 6) is 1.63. The zero-order valence-corrected chi connectivity index (χ0v) is 11.3. The molecule has 100 valence electrons. The van der Waals surface area contributed by atoms with E-state index in [1.54, 1.807) is 0 Å². The molecule has 0 saturated heterocycles. The molecule has 0 fully saturated rings. The lowest BCUT2D eigenvalue weighted by atomic mass is 10.2. The average molecular weight is 271 g/mol. The van der Waals surface area contributed by atoms with Crippen molar-refractivity contribution in [1.29, 1.82) is 0 Å². The lowest BCUT2D eigenvalue weighted by Crippen LogP contribution is -2.32. The molecule has 6 heteroatoms. The van der Waals surface area contributed by atoms with Crippen molar-refractivity contribution in [1.82, 2.24) is 5.32 Å². The number of fused-ring (bicyclic) bond motifs is 1. The van der Waals surface area contributed by atoms with Gasteiger partial charge >= 0.3 is 0 Å². The Morgan fingerprint density at radius 1 is 1.33 bits per heavy atom. The number of hydrogen-bond acceptors (Lipinski definition) is 5. The van der Waals surface area contributed by atoms with Crippen LogP contribution < -0.4 is 14.8 Å². The van der Waals surface area contributed by atoms with Crippen molar-refractivity contribution in [2.45, 2.75) is 19.5 Å². The van der Waals surface area contributed by atoms with Gasteiger partial charge in [0.1, 0.15) is 9.84 Å². The third-order valence-electron chi connectivity index (χ3n) is 2.64. The monoisotopic (exact) mass is 271 g/mol. The van der Waals surface area contributed by atoms with Crippen molar-refractivity contribution in [3.05, 3.63) is 23.8 Å². The van der Waals surface area contributed by atoms with Crippen LogP contribution in [-0.4, -0.2) is 33.3 Å². The van der Waals surface area contributed by atoms with Gasteiger partial charge in [-0.1, -0.05) is 6.07 Å². The summed E-state index contributed by atoms with van der Waals surface area (Å²) in [6.07, 6.45) is 1.24. The average Bonchev–Trinajstić information content (AvgIpc) is 2.71. The van der Waals surface area contributed by atoms with Crippen LogP contribution in [0.25, 0.3) is 0 Å². The first kappa shape index (κ1) is 13.2.